The van der Waals surface area contributed by atoms with Crippen LogP contribution in [0.15, 0.2) is 0 Å². The SMILES string of the molecule is CN(C(=O)OC(C)(C)C)[C@H]1CCN(C(=O)[C@@H]2CC2(Cl)Cl)C1. The number of amides is 2. The molecule has 0 N–H and O–H groups in total. The number of alkyl halides is 2. The van der Waals surface area contributed by atoms with Gasteiger partial charge in [0.15, 0.2) is 0 Å². The van der Waals surface area contributed by atoms with E-state index in [-0.39, 0.29) is 24.0 Å². The van der Waals surface area contributed by atoms with Crippen LogP contribution in [0.4, 0.5) is 4.79 Å². The number of hydrogen-bond acceptors (Lipinski definition) is 3. The fourth-order valence-corrected chi connectivity index (χ4v) is 2.94. The minimum absolute atomic E-state index is 0.0138. The summed E-state index contributed by atoms with van der Waals surface area (Å²) in [6, 6.07) is -0.0254. The van der Waals surface area contributed by atoms with Crippen LogP contribution in [0.25, 0.3) is 0 Å². The number of nitrogens with zero attached hydrogens (tertiary/aromatic N) is 2. The van der Waals surface area contributed by atoms with Crippen molar-refractivity contribution in [3.05, 3.63) is 0 Å². The minimum atomic E-state index is -0.897. The summed E-state index contributed by atoms with van der Waals surface area (Å²) in [6.45, 7) is 6.62. The molecule has 0 radical (unpaired) electrons. The molecule has 1 saturated carbocycles. The summed E-state index contributed by atoms with van der Waals surface area (Å²) in [5.41, 5.74) is -0.523. The van der Waals surface area contributed by atoms with Crippen molar-refractivity contribution in [2.75, 3.05) is 20.1 Å². The van der Waals surface area contributed by atoms with E-state index < -0.39 is 9.93 Å². The number of ether oxygens (including phenoxy) is 1. The molecule has 2 rings (SSSR count). The maximum absolute atomic E-state index is 12.2. The van der Waals surface area contributed by atoms with E-state index in [1.807, 2.05) is 20.8 Å². The van der Waals surface area contributed by atoms with Crippen molar-refractivity contribution in [3.63, 3.8) is 0 Å². The van der Waals surface area contributed by atoms with Gasteiger partial charge in [-0.1, -0.05) is 0 Å². The predicted octanol–water partition coefficient (Wildman–Crippen LogP) is 2.65. The minimum Gasteiger partial charge on any atom is -0.444 e. The van der Waals surface area contributed by atoms with Gasteiger partial charge in [0.1, 0.15) is 9.93 Å². The van der Waals surface area contributed by atoms with E-state index in [4.69, 9.17) is 27.9 Å². The van der Waals surface area contributed by atoms with E-state index in [1.165, 1.54) is 0 Å². The molecule has 1 saturated heterocycles. The number of likely N-dealkylation sites (N-methyl/N-ethyl adjacent to an activating group) is 1. The largest absolute Gasteiger partial charge is 0.444 e. The van der Waals surface area contributed by atoms with Crippen LogP contribution in [0.3, 0.4) is 0 Å². The lowest BCUT2D eigenvalue weighted by molar-refractivity contribution is -0.131. The molecular weight excluding hydrogens is 315 g/mol. The lowest BCUT2D eigenvalue weighted by Crippen LogP contribution is -2.43. The van der Waals surface area contributed by atoms with Crippen molar-refractivity contribution in [1.29, 1.82) is 0 Å². The van der Waals surface area contributed by atoms with Gasteiger partial charge in [-0.05, 0) is 33.6 Å². The highest BCUT2D eigenvalue weighted by Crippen LogP contribution is 2.54. The summed E-state index contributed by atoms with van der Waals surface area (Å²) in [5, 5.41) is 0. The second kappa shape index (κ2) is 5.51. The molecule has 21 heavy (non-hydrogen) atoms. The van der Waals surface area contributed by atoms with Crippen molar-refractivity contribution in [3.8, 4) is 0 Å². The van der Waals surface area contributed by atoms with Crippen molar-refractivity contribution in [1.82, 2.24) is 9.80 Å². The molecule has 2 fully saturated rings. The molecule has 120 valence electrons. The molecule has 1 aliphatic carbocycles. The number of carbonyl (C=O) groups excluding carboxylic acids is 2. The first-order valence-electron chi connectivity index (χ1n) is 7.14. The highest BCUT2D eigenvalue weighted by molar-refractivity contribution is 6.52. The molecule has 0 aromatic heterocycles. The molecule has 0 bridgehead atoms. The van der Waals surface area contributed by atoms with E-state index in [0.29, 0.717) is 19.5 Å². The molecule has 1 heterocycles. The zero-order valence-electron chi connectivity index (χ0n) is 12.9. The van der Waals surface area contributed by atoms with Gasteiger partial charge in [0.2, 0.25) is 5.91 Å². The summed E-state index contributed by atoms with van der Waals surface area (Å²) >= 11 is 11.9. The van der Waals surface area contributed by atoms with Gasteiger partial charge in [0.25, 0.3) is 0 Å². The zero-order valence-corrected chi connectivity index (χ0v) is 14.4. The van der Waals surface area contributed by atoms with Crippen molar-refractivity contribution in [2.24, 2.45) is 5.92 Å². The molecule has 7 heteroatoms. The Morgan fingerprint density at radius 2 is 1.90 bits per heavy atom. The quantitative estimate of drug-likeness (QED) is 0.728. The second-order valence-corrected chi connectivity index (χ2v) is 8.38. The van der Waals surface area contributed by atoms with Gasteiger partial charge in [0.05, 0.1) is 12.0 Å². The van der Waals surface area contributed by atoms with Gasteiger partial charge in [-0.25, -0.2) is 4.79 Å². The molecule has 1 aliphatic heterocycles. The molecule has 5 nitrogen and oxygen atoms in total. The van der Waals surface area contributed by atoms with Crippen LogP contribution < -0.4 is 0 Å². The van der Waals surface area contributed by atoms with Gasteiger partial charge in [-0.15, -0.1) is 23.2 Å². The number of carbonyl (C=O) groups is 2. The molecule has 0 spiro atoms. The summed E-state index contributed by atoms with van der Waals surface area (Å²) < 4.78 is 4.45. The lowest BCUT2D eigenvalue weighted by atomic mass is 10.2. The van der Waals surface area contributed by atoms with E-state index in [0.717, 1.165) is 6.42 Å². The van der Waals surface area contributed by atoms with Gasteiger partial charge >= 0.3 is 6.09 Å². The van der Waals surface area contributed by atoms with E-state index in [1.54, 1.807) is 16.8 Å². The van der Waals surface area contributed by atoms with Crippen molar-refractivity contribution >= 4 is 35.2 Å². The molecule has 2 aliphatic rings. The topological polar surface area (TPSA) is 49.9 Å². The Hall–Kier alpha value is -0.680. The second-order valence-electron chi connectivity index (χ2n) is 6.84. The van der Waals surface area contributed by atoms with Gasteiger partial charge in [-0.3, -0.25) is 4.79 Å². The number of hydrogen-bond donors (Lipinski definition) is 0. The van der Waals surface area contributed by atoms with Crippen LogP contribution in [0.2, 0.25) is 0 Å². The Balaban J connectivity index is 1.87. The van der Waals surface area contributed by atoms with E-state index in [2.05, 4.69) is 0 Å². The smallest absolute Gasteiger partial charge is 0.410 e. The van der Waals surface area contributed by atoms with Gasteiger partial charge in [-0.2, -0.15) is 0 Å². The van der Waals surface area contributed by atoms with Crippen molar-refractivity contribution in [2.45, 2.75) is 49.6 Å². The monoisotopic (exact) mass is 336 g/mol. The highest BCUT2D eigenvalue weighted by Gasteiger charge is 2.58. The van der Waals surface area contributed by atoms with Gasteiger partial charge in [0, 0.05) is 20.1 Å². The molecule has 0 unspecified atom stereocenters. The normalized spacial score (nSPS) is 27.4. The van der Waals surface area contributed by atoms with Crippen LogP contribution in [0, 0.1) is 5.92 Å². The Labute approximate surface area is 135 Å². The molecule has 0 aromatic carbocycles. The number of likely N-dealkylation sites (tertiary alicyclic amines) is 1. The van der Waals surface area contributed by atoms with E-state index >= 15 is 0 Å². The highest BCUT2D eigenvalue weighted by atomic mass is 35.5. The molecule has 2 atom stereocenters. The lowest BCUT2D eigenvalue weighted by Gasteiger charge is -2.28. The first-order chi connectivity index (χ1) is 9.51. The van der Waals surface area contributed by atoms with Crippen molar-refractivity contribution < 1.29 is 14.3 Å². The standard InChI is InChI=1S/C14H22Cl2N2O3/c1-13(2,3)21-12(20)17(4)9-5-6-18(8-9)11(19)10-7-14(10,15)16/h9-10H,5-8H2,1-4H3/t9-,10-/m0/s1. The maximum atomic E-state index is 12.2. The Kier molecular flexibility index (Phi) is 4.37. The summed E-state index contributed by atoms with van der Waals surface area (Å²) in [5.74, 6) is -0.313. The third kappa shape index (κ3) is 3.95. The van der Waals surface area contributed by atoms with Crippen LogP contribution in [0.1, 0.15) is 33.6 Å². The maximum Gasteiger partial charge on any atom is 0.410 e. The first-order valence-corrected chi connectivity index (χ1v) is 7.89. The zero-order chi connectivity index (χ0) is 16.0. The Morgan fingerprint density at radius 3 is 2.38 bits per heavy atom. The molecule has 2 amide bonds. The first kappa shape index (κ1) is 16.7. The molecule has 0 aromatic rings. The number of halogens is 2. The fourth-order valence-electron chi connectivity index (χ4n) is 2.44. The third-order valence-electron chi connectivity index (χ3n) is 3.83. The third-order valence-corrected chi connectivity index (χ3v) is 4.66. The van der Waals surface area contributed by atoms with Gasteiger partial charge < -0.3 is 14.5 Å². The average molecular weight is 337 g/mol. The fraction of sp³-hybridized carbons (Fsp3) is 0.857. The molecular formula is C14H22Cl2N2O3. The van der Waals surface area contributed by atoms with Crippen LogP contribution in [-0.4, -0.2) is 57.9 Å². The predicted molar refractivity (Wildman–Crippen MR) is 81.5 cm³/mol. The summed E-state index contributed by atoms with van der Waals surface area (Å²) in [7, 11) is 1.71. The van der Waals surface area contributed by atoms with Crippen LogP contribution in [0.5, 0.6) is 0 Å². The summed E-state index contributed by atoms with van der Waals surface area (Å²) in [6.07, 6.45) is 0.890. The Morgan fingerprint density at radius 1 is 1.33 bits per heavy atom. The summed E-state index contributed by atoms with van der Waals surface area (Å²) in [4.78, 5) is 27.6. The van der Waals surface area contributed by atoms with E-state index in [9.17, 15) is 9.59 Å². The van der Waals surface area contributed by atoms with Crippen LogP contribution in [-0.2, 0) is 9.53 Å². The average Bonchev–Trinajstić information content (AvgIpc) is 2.76. The van der Waals surface area contributed by atoms with Crippen LogP contribution >= 0.6 is 23.2 Å². The number of rotatable bonds is 2. The Bertz CT molecular complexity index is 448.